The fourth-order valence-electron chi connectivity index (χ4n) is 8.62. The van der Waals surface area contributed by atoms with E-state index in [2.05, 4.69) is 18.9 Å². The van der Waals surface area contributed by atoms with Crippen molar-refractivity contribution in [2.45, 2.75) is 115 Å². The summed E-state index contributed by atoms with van der Waals surface area (Å²) in [5.74, 6) is 0.666. The number of methoxy groups -OCH3 is 1. The lowest BCUT2D eigenvalue weighted by atomic mass is 9.53. The van der Waals surface area contributed by atoms with Gasteiger partial charge in [0.05, 0.1) is 7.11 Å². The molecule has 12 nitrogen and oxygen atoms in total. The van der Waals surface area contributed by atoms with Gasteiger partial charge in [-0.2, -0.15) is 0 Å². The first-order valence-electron chi connectivity index (χ1n) is 16.0. The molecule has 254 valence electrons. The van der Waals surface area contributed by atoms with Crippen LogP contribution in [0.4, 0.5) is 0 Å². The zero-order valence-corrected chi connectivity index (χ0v) is 27.6. The van der Waals surface area contributed by atoms with Gasteiger partial charge in [0.1, 0.15) is 11.4 Å². The Morgan fingerprint density at radius 3 is 2.15 bits per heavy atom. The van der Waals surface area contributed by atoms with Gasteiger partial charge >= 0.3 is 29.8 Å². The standard InChI is InChI=1S/C35H42O12/c1-8-35(47-33-31(45-21(5)39)29(44-20(4)38)28(43-19(3)37)30(46-33)32(40)41-7)16-14-27-26-11-9-22-17-23(42-18(2)36)10-12-24(22)25(26)13-15-34(27,35)6/h1,10,12,17,25-31,33H,9,11,13-16H2,2-7H3/t25-,26-,27+,28+,29+,30+,31-,33+,34+,35+/m1/s1. The highest BCUT2D eigenvalue weighted by Gasteiger charge is 2.65. The van der Waals surface area contributed by atoms with Crippen LogP contribution < -0.4 is 4.74 Å². The summed E-state index contributed by atoms with van der Waals surface area (Å²) in [6.45, 7) is 6.92. The van der Waals surface area contributed by atoms with Crippen molar-refractivity contribution in [3.63, 3.8) is 0 Å². The third-order valence-corrected chi connectivity index (χ3v) is 10.5. The molecule has 0 aromatic heterocycles. The minimum atomic E-state index is -1.58. The van der Waals surface area contributed by atoms with Crippen molar-refractivity contribution < 1.29 is 57.1 Å². The van der Waals surface area contributed by atoms with E-state index in [4.69, 9.17) is 39.6 Å². The van der Waals surface area contributed by atoms with Crippen LogP contribution in [-0.4, -0.2) is 73.3 Å². The minimum absolute atomic E-state index is 0.170. The maximum atomic E-state index is 13.0. The summed E-state index contributed by atoms with van der Waals surface area (Å²) in [4.78, 5) is 61.2. The van der Waals surface area contributed by atoms with E-state index >= 15 is 0 Å². The smallest absolute Gasteiger partial charge is 0.339 e. The largest absolute Gasteiger partial charge is 0.467 e. The van der Waals surface area contributed by atoms with E-state index in [-0.39, 0.29) is 17.8 Å². The Labute approximate surface area is 274 Å². The summed E-state index contributed by atoms with van der Waals surface area (Å²) in [5.41, 5.74) is 0.692. The quantitative estimate of drug-likeness (QED) is 0.183. The van der Waals surface area contributed by atoms with E-state index in [9.17, 15) is 24.0 Å². The molecule has 12 heteroatoms. The van der Waals surface area contributed by atoms with E-state index in [0.717, 1.165) is 53.6 Å². The molecule has 1 aliphatic heterocycles. The van der Waals surface area contributed by atoms with Crippen molar-refractivity contribution in [3.8, 4) is 18.1 Å². The molecule has 4 aliphatic rings. The average Bonchev–Trinajstić information content (AvgIpc) is 3.30. The van der Waals surface area contributed by atoms with Crippen LogP contribution in [0.2, 0.25) is 0 Å². The number of ether oxygens (including phenoxy) is 7. The van der Waals surface area contributed by atoms with Gasteiger partial charge in [-0.1, -0.05) is 18.9 Å². The average molecular weight is 655 g/mol. The van der Waals surface area contributed by atoms with Crippen LogP contribution in [0.25, 0.3) is 0 Å². The van der Waals surface area contributed by atoms with Gasteiger partial charge < -0.3 is 33.2 Å². The third kappa shape index (κ3) is 6.35. The second-order valence-electron chi connectivity index (χ2n) is 13.1. The number of hydrogen-bond donors (Lipinski definition) is 0. The second-order valence-corrected chi connectivity index (χ2v) is 13.1. The lowest BCUT2D eigenvalue weighted by Crippen LogP contribution is -2.66. The van der Waals surface area contributed by atoms with E-state index in [0.29, 0.717) is 24.5 Å². The number of benzene rings is 1. The van der Waals surface area contributed by atoms with Crippen molar-refractivity contribution in [1.82, 2.24) is 0 Å². The fraction of sp³-hybridized carbons (Fsp3) is 0.629. The minimum Gasteiger partial charge on any atom is -0.467 e. The van der Waals surface area contributed by atoms with Gasteiger partial charge in [-0.05, 0) is 79.5 Å². The monoisotopic (exact) mass is 654 g/mol. The lowest BCUT2D eigenvalue weighted by molar-refractivity contribution is -0.328. The highest BCUT2D eigenvalue weighted by Crippen LogP contribution is 2.65. The molecular weight excluding hydrogens is 612 g/mol. The molecule has 1 aromatic carbocycles. The third-order valence-electron chi connectivity index (χ3n) is 10.5. The van der Waals surface area contributed by atoms with E-state index in [1.165, 1.54) is 18.1 Å². The van der Waals surface area contributed by atoms with Crippen LogP contribution in [0.3, 0.4) is 0 Å². The van der Waals surface area contributed by atoms with E-state index in [1.54, 1.807) is 0 Å². The first kappa shape index (κ1) is 34.4. The van der Waals surface area contributed by atoms with Gasteiger partial charge in [-0.3, -0.25) is 19.2 Å². The molecule has 0 unspecified atom stereocenters. The molecule has 1 aromatic rings. The molecular formula is C35H42O12. The van der Waals surface area contributed by atoms with Gasteiger partial charge in [0.15, 0.2) is 24.4 Å². The molecule has 0 N–H and O–H groups in total. The molecule has 0 amide bonds. The van der Waals surface area contributed by atoms with Gasteiger partial charge in [0, 0.05) is 33.1 Å². The van der Waals surface area contributed by atoms with Gasteiger partial charge in [-0.15, -0.1) is 6.42 Å². The number of rotatable bonds is 7. The molecule has 2 saturated carbocycles. The van der Waals surface area contributed by atoms with Crippen molar-refractivity contribution in [1.29, 1.82) is 0 Å². The Morgan fingerprint density at radius 2 is 1.53 bits per heavy atom. The molecule has 0 bridgehead atoms. The number of aryl methyl sites for hydroxylation is 1. The van der Waals surface area contributed by atoms with Crippen LogP contribution >= 0.6 is 0 Å². The first-order valence-corrected chi connectivity index (χ1v) is 16.0. The molecule has 1 heterocycles. The zero-order valence-electron chi connectivity index (χ0n) is 27.6. The number of hydrogen-bond acceptors (Lipinski definition) is 12. The summed E-state index contributed by atoms with van der Waals surface area (Å²) in [6.07, 6.45) is 3.39. The number of fused-ring (bicyclic) bond motifs is 5. The van der Waals surface area contributed by atoms with Crippen LogP contribution in [0.15, 0.2) is 18.2 Å². The Hall–Kier alpha value is -3.95. The second kappa shape index (κ2) is 13.3. The topological polar surface area (TPSA) is 150 Å². The molecule has 5 rings (SSSR count). The van der Waals surface area contributed by atoms with Gasteiger partial charge in [-0.25, -0.2) is 4.79 Å². The van der Waals surface area contributed by atoms with Crippen molar-refractivity contribution in [2.24, 2.45) is 17.3 Å². The van der Waals surface area contributed by atoms with Crippen molar-refractivity contribution in [3.05, 3.63) is 29.3 Å². The maximum absolute atomic E-state index is 13.0. The number of esters is 5. The van der Waals surface area contributed by atoms with Crippen molar-refractivity contribution in [2.75, 3.05) is 7.11 Å². The van der Waals surface area contributed by atoms with Crippen LogP contribution in [0.5, 0.6) is 5.75 Å². The van der Waals surface area contributed by atoms with Gasteiger partial charge in [0.25, 0.3) is 0 Å². The highest BCUT2D eigenvalue weighted by molar-refractivity contribution is 5.77. The Morgan fingerprint density at radius 1 is 0.872 bits per heavy atom. The molecule has 10 atom stereocenters. The molecule has 3 aliphatic carbocycles. The normalized spacial score (nSPS) is 35.5. The van der Waals surface area contributed by atoms with Crippen LogP contribution in [0.1, 0.15) is 83.8 Å². The number of terminal acetylenes is 1. The fourth-order valence-corrected chi connectivity index (χ4v) is 8.62. The SMILES string of the molecule is C#C[C@]1(O[C@@H]2O[C@H](C(=O)OC)[C@@H](OC(C)=O)[C@H](OC(C)=O)[C@H]2OC(C)=O)CC[C@H]2[C@@H]3CCc4cc(OC(C)=O)ccc4[C@H]3CC[C@@]21C. The summed E-state index contributed by atoms with van der Waals surface area (Å²) in [7, 11) is 1.13. The Kier molecular flexibility index (Phi) is 9.71. The summed E-state index contributed by atoms with van der Waals surface area (Å²) in [5, 5.41) is 0. The summed E-state index contributed by atoms with van der Waals surface area (Å²) >= 11 is 0. The molecule has 1 saturated heterocycles. The Bertz CT molecular complexity index is 1480. The molecule has 47 heavy (non-hydrogen) atoms. The van der Waals surface area contributed by atoms with Crippen LogP contribution in [0, 0.1) is 29.6 Å². The molecule has 0 radical (unpaired) electrons. The van der Waals surface area contributed by atoms with Crippen molar-refractivity contribution >= 4 is 29.8 Å². The van der Waals surface area contributed by atoms with Gasteiger partial charge in [0.2, 0.25) is 6.29 Å². The zero-order chi connectivity index (χ0) is 34.3. The first-order chi connectivity index (χ1) is 22.2. The Balaban J connectivity index is 1.47. The number of carbonyl (C=O) groups is 5. The molecule has 0 spiro atoms. The molecule has 3 fully saturated rings. The maximum Gasteiger partial charge on any atom is 0.339 e. The lowest BCUT2D eigenvalue weighted by Gasteiger charge is -2.54. The van der Waals surface area contributed by atoms with E-state index < -0.39 is 65.6 Å². The predicted octanol–water partition coefficient (Wildman–Crippen LogP) is 3.55. The highest BCUT2D eigenvalue weighted by atomic mass is 16.7. The summed E-state index contributed by atoms with van der Waals surface area (Å²) < 4.78 is 39.6. The summed E-state index contributed by atoms with van der Waals surface area (Å²) in [6, 6.07) is 5.87. The van der Waals surface area contributed by atoms with Crippen LogP contribution in [-0.2, 0) is 58.8 Å². The number of carbonyl (C=O) groups excluding carboxylic acids is 5. The predicted molar refractivity (Wildman–Crippen MR) is 162 cm³/mol. The van der Waals surface area contributed by atoms with E-state index in [1.807, 2.05) is 12.1 Å².